The summed E-state index contributed by atoms with van der Waals surface area (Å²) >= 11 is 0. The highest BCUT2D eigenvalue weighted by Gasteiger charge is 2.37. The van der Waals surface area contributed by atoms with Gasteiger partial charge < -0.3 is 14.8 Å². The number of rotatable bonds is 2. The van der Waals surface area contributed by atoms with Crippen molar-refractivity contribution in [2.24, 2.45) is 0 Å². The maximum atomic E-state index is 13.0. The molecule has 3 fully saturated rings. The molecule has 0 radical (unpaired) electrons. The van der Waals surface area contributed by atoms with E-state index < -0.39 is 0 Å². The first-order chi connectivity index (χ1) is 15.7. The number of hydrogen-bond donors (Lipinski definition) is 1. The predicted octanol–water partition coefficient (Wildman–Crippen LogP) is 3.17. The number of fused-ring (bicyclic) bond motifs is 5. The Hall–Kier alpha value is -1.63. The molecule has 1 N–H and O–H groups in total. The van der Waals surface area contributed by atoms with Gasteiger partial charge >= 0.3 is 0 Å². The van der Waals surface area contributed by atoms with Crippen molar-refractivity contribution in [3.05, 3.63) is 29.8 Å². The van der Waals surface area contributed by atoms with Crippen LogP contribution in [0.25, 0.3) is 0 Å². The van der Waals surface area contributed by atoms with Crippen LogP contribution in [0, 0.1) is 0 Å². The molecule has 2 bridgehead atoms. The van der Waals surface area contributed by atoms with Gasteiger partial charge in [-0.15, -0.1) is 0 Å². The molecule has 176 valence electrons. The summed E-state index contributed by atoms with van der Waals surface area (Å²) in [5.41, 5.74) is 1.37. The number of carbonyl (C=O) groups excluding carboxylic acids is 1. The van der Waals surface area contributed by atoms with E-state index in [1.807, 2.05) is 0 Å². The molecule has 6 heteroatoms. The fraction of sp³-hybridized carbons (Fsp3) is 0.731. The summed E-state index contributed by atoms with van der Waals surface area (Å²) in [6, 6.07) is 8.99. The number of para-hydroxylation sites is 1. The molecular formula is C26H39N3O3. The summed E-state index contributed by atoms with van der Waals surface area (Å²) in [6.45, 7) is 4.31. The van der Waals surface area contributed by atoms with Crippen LogP contribution in [0.15, 0.2) is 24.3 Å². The first-order valence-corrected chi connectivity index (χ1v) is 12.8. The second kappa shape index (κ2) is 10.1. The van der Waals surface area contributed by atoms with Crippen molar-refractivity contribution in [3.8, 4) is 5.75 Å². The lowest BCUT2D eigenvalue weighted by atomic mass is 9.82. The number of hydrogen-bond acceptors (Lipinski definition) is 5. The number of nitrogens with one attached hydrogen (secondary N) is 1. The van der Waals surface area contributed by atoms with Crippen molar-refractivity contribution in [2.75, 3.05) is 39.9 Å². The number of likely N-dealkylation sites (tertiary alicyclic amines) is 1. The molecular weight excluding hydrogens is 402 g/mol. The van der Waals surface area contributed by atoms with Gasteiger partial charge in [0.25, 0.3) is 0 Å². The summed E-state index contributed by atoms with van der Waals surface area (Å²) in [4.78, 5) is 17.7. The van der Waals surface area contributed by atoms with Gasteiger partial charge in [0.1, 0.15) is 12.4 Å². The molecule has 6 rings (SSSR count). The van der Waals surface area contributed by atoms with E-state index in [4.69, 9.17) is 9.47 Å². The van der Waals surface area contributed by atoms with Crippen LogP contribution in [0.3, 0.4) is 0 Å². The van der Waals surface area contributed by atoms with Crippen LogP contribution in [0.4, 0.5) is 0 Å². The maximum Gasteiger partial charge on any atom is 0.237 e. The summed E-state index contributed by atoms with van der Waals surface area (Å²) in [5, 5.41) is 3.43. The Balaban J connectivity index is 1.31. The van der Waals surface area contributed by atoms with Gasteiger partial charge in [-0.05, 0) is 89.1 Å². The van der Waals surface area contributed by atoms with E-state index in [0.29, 0.717) is 25.2 Å². The van der Waals surface area contributed by atoms with E-state index in [1.165, 1.54) is 5.56 Å². The lowest BCUT2D eigenvalue weighted by Gasteiger charge is -2.42. The molecule has 1 aromatic carbocycles. The average molecular weight is 442 g/mol. The molecule has 5 aliphatic rings. The topological polar surface area (TPSA) is 54.0 Å². The highest BCUT2D eigenvalue weighted by Crippen LogP contribution is 2.38. The molecule has 0 aromatic heterocycles. The van der Waals surface area contributed by atoms with Crippen molar-refractivity contribution in [1.82, 2.24) is 15.1 Å². The summed E-state index contributed by atoms with van der Waals surface area (Å²) in [6.07, 6.45) is 9.08. The zero-order chi connectivity index (χ0) is 21.9. The number of benzene rings is 1. The normalized spacial score (nSPS) is 34.3. The van der Waals surface area contributed by atoms with Crippen LogP contribution in [0.1, 0.15) is 62.8 Å². The number of amides is 1. The van der Waals surface area contributed by atoms with Gasteiger partial charge in [0, 0.05) is 12.6 Å². The monoisotopic (exact) mass is 441 g/mol. The Morgan fingerprint density at radius 2 is 1.81 bits per heavy atom. The largest absolute Gasteiger partial charge is 0.492 e. The van der Waals surface area contributed by atoms with Crippen LogP contribution in [-0.4, -0.2) is 79.8 Å². The minimum absolute atomic E-state index is 0.0242. The number of piperidine rings is 1. The Morgan fingerprint density at radius 3 is 2.62 bits per heavy atom. The number of ether oxygens (including phenoxy) is 2. The van der Waals surface area contributed by atoms with Gasteiger partial charge in [-0.3, -0.25) is 14.6 Å². The van der Waals surface area contributed by atoms with Gasteiger partial charge in [-0.2, -0.15) is 0 Å². The number of nitrogens with zero attached hydrogens (tertiary/aromatic N) is 2. The van der Waals surface area contributed by atoms with Crippen LogP contribution in [-0.2, 0) is 9.53 Å². The zero-order valence-corrected chi connectivity index (χ0v) is 19.5. The van der Waals surface area contributed by atoms with E-state index in [-0.39, 0.29) is 24.0 Å². The highest BCUT2D eigenvalue weighted by molar-refractivity contribution is 5.82. The van der Waals surface area contributed by atoms with Crippen LogP contribution >= 0.6 is 0 Å². The molecule has 4 heterocycles. The third-order valence-corrected chi connectivity index (χ3v) is 8.22. The van der Waals surface area contributed by atoms with Gasteiger partial charge in [0.2, 0.25) is 5.91 Å². The summed E-state index contributed by atoms with van der Waals surface area (Å²) in [7, 11) is 2.07. The lowest BCUT2D eigenvalue weighted by molar-refractivity contribution is -0.127. The minimum Gasteiger partial charge on any atom is -0.492 e. The fourth-order valence-corrected chi connectivity index (χ4v) is 6.31. The summed E-state index contributed by atoms with van der Waals surface area (Å²) in [5.74, 6) is 1.83. The van der Waals surface area contributed by atoms with Gasteiger partial charge in [-0.25, -0.2) is 0 Å². The van der Waals surface area contributed by atoms with E-state index in [1.54, 1.807) is 0 Å². The number of carbonyl (C=O) groups is 1. The highest BCUT2D eigenvalue weighted by atomic mass is 16.5. The molecule has 32 heavy (non-hydrogen) atoms. The quantitative estimate of drug-likeness (QED) is 0.764. The van der Waals surface area contributed by atoms with E-state index in [0.717, 1.165) is 76.8 Å². The van der Waals surface area contributed by atoms with Crippen LogP contribution in [0.2, 0.25) is 0 Å². The SMILES string of the molecule is CN1CCCC1C(=O)N[C@H]1CCCN2CCOc3ccccc3C3CCC(CC3)OCC12. The summed E-state index contributed by atoms with van der Waals surface area (Å²) < 4.78 is 12.8. The Kier molecular flexibility index (Phi) is 7.00. The van der Waals surface area contributed by atoms with Crippen molar-refractivity contribution < 1.29 is 14.3 Å². The van der Waals surface area contributed by atoms with Crippen molar-refractivity contribution in [2.45, 2.75) is 81.5 Å². The maximum absolute atomic E-state index is 13.0. The van der Waals surface area contributed by atoms with Gasteiger partial charge in [0.05, 0.1) is 24.8 Å². The van der Waals surface area contributed by atoms with Crippen molar-refractivity contribution in [3.63, 3.8) is 0 Å². The van der Waals surface area contributed by atoms with E-state index >= 15 is 0 Å². The Labute approximate surface area is 192 Å². The van der Waals surface area contributed by atoms with Crippen LogP contribution < -0.4 is 10.1 Å². The minimum atomic E-state index is 0.0242. The molecule has 2 unspecified atom stereocenters. The third kappa shape index (κ3) is 4.82. The molecule has 1 aromatic rings. The molecule has 0 spiro atoms. The molecule has 1 amide bonds. The molecule has 1 saturated carbocycles. The first kappa shape index (κ1) is 22.2. The zero-order valence-electron chi connectivity index (χ0n) is 19.5. The van der Waals surface area contributed by atoms with Crippen molar-refractivity contribution in [1.29, 1.82) is 0 Å². The second-order valence-electron chi connectivity index (χ2n) is 10.2. The smallest absolute Gasteiger partial charge is 0.237 e. The average Bonchev–Trinajstić information content (AvgIpc) is 3.25. The molecule has 2 saturated heterocycles. The second-order valence-corrected chi connectivity index (χ2v) is 10.2. The molecule has 4 aliphatic heterocycles. The Bertz CT molecular complexity index is 779. The molecule has 1 aliphatic carbocycles. The van der Waals surface area contributed by atoms with Crippen molar-refractivity contribution >= 4 is 5.91 Å². The first-order valence-electron chi connectivity index (χ1n) is 12.8. The van der Waals surface area contributed by atoms with E-state index in [2.05, 4.69) is 46.4 Å². The standard InChI is InChI=1S/C26H39N3O3/c1-28-14-5-8-23(28)26(30)27-22-7-4-15-29-16-17-31-25-9-3-2-6-21(25)19-10-12-20(13-11-19)32-18-24(22)29/h2-3,6,9,19-20,22-24H,4-5,7-8,10-18H2,1H3,(H,27,30)/t19?,20?,22-,23?,24?/m0/s1. The lowest BCUT2D eigenvalue weighted by Crippen LogP contribution is -2.60. The molecule has 3 atom stereocenters. The number of likely N-dealkylation sites (N-methyl/N-ethyl adjacent to an activating group) is 1. The van der Waals surface area contributed by atoms with E-state index in [9.17, 15) is 4.79 Å². The predicted molar refractivity (Wildman–Crippen MR) is 125 cm³/mol. The van der Waals surface area contributed by atoms with Gasteiger partial charge in [0.15, 0.2) is 0 Å². The third-order valence-electron chi connectivity index (χ3n) is 8.22. The fourth-order valence-electron chi connectivity index (χ4n) is 6.31. The Morgan fingerprint density at radius 1 is 1.00 bits per heavy atom. The van der Waals surface area contributed by atoms with Gasteiger partial charge in [-0.1, -0.05) is 18.2 Å². The molecule has 6 nitrogen and oxygen atoms in total. The van der Waals surface area contributed by atoms with Crippen LogP contribution in [0.5, 0.6) is 5.75 Å².